The first-order chi connectivity index (χ1) is 8.15. The Hall–Kier alpha value is -0.380. The number of hydrogen-bond donors (Lipinski definition) is 1. The lowest BCUT2D eigenvalue weighted by atomic mass is 9.74. The van der Waals surface area contributed by atoms with Gasteiger partial charge in [-0.05, 0) is 44.8 Å². The van der Waals surface area contributed by atoms with Crippen LogP contribution in [-0.2, 0) is 6.42 Å². The molecular formula is C14H24N2S. The predicted octanol–water partition coefficient (Wildman–Crippen LogP) is 2.88. The van der Waals surface area contributed by atoms with Gasteiger partial charge in [0.05, 0.1) is 0 Å². The van der Waals surface area contributed by atoms with Gasteiger partial charge in [0.2, 0.25) is 0 Å². The highest BCUT2D eigenvalue weighted by molar-refractivity contribution is 7.09. The normalized spacial score (nSPS) is 21.6. The fraction of sp³-hybridized carbons (Fsp3) is 0.714. The quantitative estimate of drug-likeness (QED) is 0.893. The molecule has 1 heterocycles. The van der Waals surface area contributed by atoms with E-state index in [-0.39, 0.29) is 11.6 Å². The maximum Gasteiger partial charge on any atom is 0.0357 e. The van der Waals surface area contributed by atoms with E-state index < -0.39 is 0 Å². The third-order valence-corrected chi connectivity index (χ3v) is 5.20. The lowest BCUT2D eigenvalue weighted by Gasteiger charge is -2.47. The summed E-state index contributed by atoms with van der Waals surface area (Å²) in [5.74, 6) is 0. The highest BCUT2D eigenvalue weighted by atomic mass is 32.1. The van der Waals surface area contributed by atoms with Crippen LogP contribution in [0.1, 0.15) is 37.0 Å². The molecule has 2 N–H and O–H groups in total. The maximum atomic E-state index is 6.54. The van der Waals surface area contributed by atoms with E-state index >= 15 is 0 Å². The molecule has 0 amide bonds. The summed E-state index contributed by atoms with van der Waals surface area (Å²) >= 11 is 1.83. The molecule has 2 rings (SSSR count). The Kier molecular flexibility index (Phi) is 4.23. The van der Waals surface area contributed by atoms with Gasteiger partial charge in [-0.2, -0.15) is 0 Å². The number of nitrogens with zero attached hydrogens (tertiary/aromatic N) is 1. The zero-order valence-electron chi connectivity index (χ0n) is 11.0. The van der Waals surface area contributed by atoms with Crippen molar-refractivity contribution in [2.24, 2.45) is 5.73 Å². The van der Waals surface area contributed by atoms with Gasteiger partial charge in [-0.25, -0.2) is 0 Å². The lowest BCUT2D eigenvalue weighted by molar-refractivity contribution is 0.0718. The summed E-state index contributed by atoms with van der Waals surface area (Å²) in [6, 6.07) is 4.59. The van der Waals surface area contributed by atoms with Crippen LogP contribution in [0.15, 0.2) is 17.5 Å². The summed E-state index contributed by atoms with van der Waals surface area (Å²) in [5.41, 5.74) is 6.76. The maximum absolute atomic E-state index is 6.54. The molecule has 0 bridgehead atoms. The first-order valence-corrected chi connectivity index (χ1v) is 7.48. The van der Waals surface area contributed by atoms with E-state index in [9.17, 15) is 0 Å². The average molecular weight is 252 g/mol. The van der Waals surface area contributed by atoms with Gasteiger partial charge in [-0.3, -0.25) is 0 Å². The summed E-state index contributed by atoms with van der Waals surface area (Å²) in [4.78, 5) is 3.80. The molecule has 1 aliphatic rings. The van der Waals surface area contributed by atoms with Gasteiger partial charge in [-0.15, -0.1) is 11.3 Å². The molecule has 2 nitrogen and oxygen atoms in total. The molecule has 1 unspecified atom stereocenters. The molecule has 1 fully saturated rings. The largest absolute Gasteiger partial charge is 0.326 e. The molecule has 1 atom stereocenters. The van der Waals surface area contributed by atoms with Crippen molar-refractivity contribution in [3.8, 4) is 0 Å². The van der Waals surface area contributed by atoms with Gasteiger partial charge in [0.1, 0.15) is 0 Å². The minimum atomic E-state index is 0.224. The Balaban J connectivity index is 2.09. The summed E-state index contributed by atoms with van der Waals surface area (Å²) in [5, 5.41) is 2.14. The van der Waals surface area contributed by atoms with Crippen molar-refractivity contribution in [1.29, 1.82) is 0 Å². The molecule has 0 radical (unpaired) electrons. The second-order valence-electron chi connectivity index (χ2n) is 5.45. The van der Waals surface area contributed by atoms with Crippen molar-refractivity contribution in [2.45, 2.75) is 50.1 Å². The Morgan fingerprint density at radius 2 is 2.06 bits per heavy atom. The summed E-state index contributed by atoms with van der Waals surface area (Å²) < 4.78 is 0. The van der Waals surface area contributed by atoms with E-state index in [1.165, 1.54) is 37.0 Å². The molecule has 1 aromatic rings. The SMILES string of the molecule is CN(C)C1(C(N)Cc2cccs2)CCCCC1. The first kappa shape index (κ1) is 13.1. The third kappa shape index (κ3) is 2.72. The van der Waals surface area contributed by atoms with Crippen LogP contribution in [0.2, 0.25) is 0 Å². The van der Waals surface area contributed by atoms with Crippen LogP contribution in [0.3, 0.4) is 0 Å². The second kappa shape index (κ2) is 5.51. The molecule has 1 saturated carbocycles. The smallest absolute Gasteiger partial charge is 0.0357 e. The van der Waals surface area contributed by atoms with Crippen LogP contribution in [0.4, 0.5) is 0 Å². The van der Waals surface area contributed by atoms with Crippen LogP contribution in [0, 0.1) is 0 Å². The Labute approximate surface area is 109 Å². The fourth-order valence-corrected chi connectivity index (χ4v) is 3.91. The lowest BCUT2D eigenvalue weighted by Crippen LogP contribution is -2.59. The van der Waals surface area contributed by atoms with Crippen LogP contribution in [-0.4, -0.2) is 30.6 Å². The molecule has 96 valence electrons. The minimum Gasteiger partial charge on any atom is -0.326 e. The molecule has 1 aliphatic carbocycles. The molecule has 17 heavy (non-hydrogen) atoms. The molecule has 0 aromatic carbocycles. The summed E-state index contributed by atoms with van der Waals surface area (Å²) in [6.07, 6.45) is 7.57. The number of likely N-dealkylation sites (N-methyl/N-ethyl adjacent to an activating group) is 1. The van der Waals surface area contributed by atoms with Crippen molar-refractivity contribution in [2.75, 3.05) is 14.1 Å². The van der Waals surface area contributed by atoms with E-state index in [1.54, 1.807) is 0 Å². The van der Waals surface area contributed by atoms with E-state index in [1.807, 2.05) is 11.3 Å². The second-order valence-corrected chi connectivity index (χ2v) is 6.48. The zero-order chi connectivity index (χ0) is 12.3. The van der Waals surface area contributed by atoms with Gasteiger partial charge < -0.3 is 10.6 Å². The van der Waals surface area contributed by atoms with Crippen molar-refractivity contribution in [3.05, 3.63) is 22.4 Å². The van der Waals surface area contributed by atoms with Crippen LogP contribution in [0.25, 0.3) is 0 Å². The van der Waals surface area contributed by atoms with Crippen LogP contribution in [0.5, 0.6) is 0 Å². The number of nitrogens with two attached hydrogens (primary N) is 1. The van der Waals surface area contributed by atoms with E-state index in [0.717, 1.165) is 6.42 Å². The number of hydrogen-bond acceptors (Lipinski definition) is 3. The topological polar surface area (TPSA) is 29.3 Å². The van der Waals surface area contributed by atoms with Gasteiger partial charge in [0.15, 0.2) is 0 Å². The average Bonchev–Trinajstić information content (AvgIpc) is 2.82. The van der Waals surface area contributed by atoms with E-state index in [4.69, 9.17) is 5.73 Å². The van der Waals surface area contributed by atoms with Crippen molar-refractivity contribution < 1.29 is 0 Å². The van der Waals surface area contributed by atoms with Crippen LogP contribution >= 0.6 is 11.3 Å². The molecular weight excluding hydrogens is 228 g/mol. The Morgan fingerprint density at radius 3 is 2.59 bits per heavy atom. The number of thiophene rings is 1. The highest BCUT2D eigenvalue weighted by Gasteiger charge is 2.39. The molecule has 0 saturated heterocycles. The summed E-state index contributed by atoms with van der Waals surface area (Å²) in [6.45, 7) is 0. The molecule has 0 spiro atoms. The standard InChI is InChI=1S/C14H24N2S/c1-16(2)14(8-4-3-5-9-14)13(15)11-12-7-6-10-17-12/h6-7,10,13H,3-5,8-9,11,15H2,1-2H3. The molecule has 0 aliphatic heterocycles. The zero-order valence-corrected chi connectivity index (χ0v) is 11.8. The molecule has 3 heteroatoms. The van der Waals surface area contributed by atoms with Crippen molar-refractivity contribution >= 4 is 11.3 Å². The first-order valence-electron chi connectivity index (χ1n) is 6.60. The third-order valence-electron chi connectivity index (χ3n) is 4.30. The van der Waals surface area contributed by atoms with Crippen LogP contribution < -0.4 is 5.73 Å². The monoisotopic (exact) mass is 252 g/mol. The Morgan fingerprint density at radius 1 is 1.35 bits per heavy atom. The van der Waals surface area contributed by atoms with Gasteiger partial charge in [0.25, 0.3) is 0 Å². The highest BCUT2D eigenvalue weighted by Crippen LogP contribution is 2.35. The van der Waals surface area contributed by atoms with Gasteiger partial charge in [0, 0.05) is 16.5 Å². The predicted molar refractivity (Wildman–Crippen MR) is 75.5 cm³/mol. The minimum absolute atomic E-state index is 0.224. The Bertz CT molecular complexity index is 326. The van der Waals surface area contributed by atoms with Crippen molar-refractivity contribution in [1.82, 2.24) is 4.90 Å². The molecule has 1 aromatic heterocycles. The van der Waals surface area contributed by atoms with Gasteiger partial charge >= 0.3 is 0 Å². The number of rotatable bonds is 4. The van der Waals surface area contributed by atoms with Gasteiger partial charge in [-0.1, -0.05) is 25.3 Å². The fourth-order valence-electron chi connectivity index (χ4n) is 3.15. The summed E-state index contributed by atoms with van der Waals surface area (Å²) in [7, 11) is 4.39. The van der Waals surface area contributed by atoms with E-state index in [2.05, 4.69) is 36.5 Å². The van der Waals surface area contributed by atoms with E-state index in [0.29, 0.717) is 0 Å². The van der Waals surface area contributed by atoms with Crippen molar-refractivity contribution in [3.63, 3.8) is 0 Å².